The van der Waals surface area contributed by atoms with E-state index in [1.54, 1.807) is 0 Å². The molecular weight excluding hydrogens is 140 g/mol. The molecule has 0 saturated heterocycles. The Bertz CT molecular complexity index is 81.6. The van der Waals surface area contributed by atoms with Crippen LogP contribution in [0.25, 0.3) is 0 Å². The minimum Gasteiger partial charge on any atom is -0.355 e. The lowest BCUT2D eigenvalue weighted by Gasteiger charge is -2.11. The van der Waals surface area contributed by atoms with Gasteiger partial charge in [0, 0.05) is 0 Å². The Morgan fingerprint density at radius 1 is 1.18 bits per heavy atom. The van der Waals surface area contributed by atoms with E-state index in [-0.39, 0.29) is 0 Å². The second-order valence-electron chi connectivity index (χ2n) is 3.27. The molecule has 0 aromatic rings. The van der Waals surface area contributed by atoms with Gasteiger partial charge in [0.25, 0.3) is 0 Å². The van der Waals surface area contributed by atoms with Gasteiger partial charge < -0.3 is 9.47 Å². The van der Waals surface area contributed by atoms with E-state index in [9.17, 15) is 0 Å². The Morgan fingerprint density at radius 2 is 1.82 bits per heavy atom. The van der Waals surface area contributed by atoms with E-state index >= 15 is 0 Å². The Labute approximate surface area is 69.9 Å². The number of ether oxygens (including phenoxy) is 2. The fourth-order valence-corrected chi connectivity index (χ4v) is 0.566. The van der Waals surface area contributed by atoms with Gasteiger partial charge in [-0.05, 0) is 19.3 Å². The van der Waals surface area contributed by atoms with Crippen LogP contribution in [0.3, 0.4) is 0 Å². The maximum absolute atomic E-state index is 5.32. The summed E-state index contributed by atoms with van der Waals surface area (Å²) in [5.41, 5.74) is 0. The molecule has 0 spiro atoms. The van der Waals surface area contributed by atoms with Gasteiger partial charge in [0.05, 0.1) is 12.7 Å². The van der Waals surface area contributed by atoms with Crippen LogP contribution in [0.1, 0.15) is 34.1 Å². The summed E-state index contributed by atoms with van der Waals surface area (Å²) in [6.07, 6.45) is 1.37. The monoisotopic (exact) mass is 160 g/mol. The summed E-state index contributed by atoms with van der Waals surface area (Å²) in [6, 6.07) is 0. The molecule has 2 nitrogen and oxygen atoms in total. The zero-order chi connectivity index (χ0) is 8.69. The van der Waals surface area contributed by atoms with Crippen LogP contribution in [-0.4, -0.2) is 19.5 Å². The first kappa shape index (κ1) is 10.9. The Hall–Kier alpha value is -0.0800. The zero-order valence-corrected chi connectivity index (χ0v) is 8.09. The minimum atomic E-state index is 0.321. The quantitative estimate of drug-likeness (QED) is 0.439. The third-order valence-corrected chi connectivity index (χ3v) is 1.46. The van der Waals surface area contributed by atoms with Gasteiger partial charge in [-0.1, -0.05) is 20.8 Å². The molecule has 0 N–H and O–H groups in total. The van der Waals surface area contributed by atoms with E-state index < -0.39 is 0 Å². The molecule has 68 valence electrons. The number of rotatable bonds is 6. The van der Waals surface area contributed by atoms with Gasteiger partial charge in [0.2, 0.25) is 0 Å². The van der Waals surface area contributed by atoms with Gasteiger partial charge >= 0.3 is 0 Å². The summed E-state index contributed by atoms with van der Waals surface area (Å²) < 4.78 is 10.6. The highest BCUT2D eigenvalue weighted by molar-refractivity contribution is 4.41. The van der Waals surface area contributed by atoms with Gasteiger partial charge in [-0.2, -0.15) is 0 Å². The topological polar surface area (TPSA) is 18.5 Å². The molecule has 0 radical (unpaired) electrons. The van der Waals surface area contributed by atoms with Crippen molar-refractivity contribution in [2.75, 3.05) is 13.4 Å². The fraction of sp³-hybridized carbons (Fsp3) is 1.00. The van der Waals surface area contributed by atoms with Crippen molar-refractivity contribution in [3.63, 3.8) is 0 Å². The van der Waals surface area contributed by atoms with E-state index in [1.165, 1.54) is 0 Å². The van der Waals surface area contributed by atoms with Crippen LogP contribution < -0.4 is 0 Å². The van der Waals surface area contributed by atoms with Crippen LogP contribution in [0.4, 0.5) is 0 Å². The normalized spacial score (nSPS) is 13.9. The molecule has 0 rings (SSSR count). The zero-order valence-electron chi connectivity index (χ0n) is 8.09. The van der Waals surface area contributed by atoms with Gasteiger partial charge in [-0.3, -0.25) is 0 Å². The summed E-state index contributed by atoms with van der Waals surface area (Å²) in [5, 5.41) is 0. The molecule has 1 unspecified atom stereocenters. The summed E-state index contributed by atoms with van der Waals surface area (Å²) in [6.45, 7) is 9.64. The third kappa shape index (κ3) is 7.82. The van der Waals surface area contributed by atoms with E-state index in [0.717, 1.165) is 13.0 Å². The Morgan fingerprint density at radius 3 is 2.27 bits per heavy atom. The van der Waals surface area contributed by atoms with Gasteiger partial charge in [-0.25, -0.2) is 0 Å². The van der Waals surface area contributed by atoms with Crippen molar-refractivity contribution < 1.29 is 9.47 Å². The largest absolute Gasteiger partial charge is 0.355 e. The van der Waals surface area contributed by atoms with Crippen molar-refractivity contribution in [1.29, 1.82) is 0 Å². The fourth-order valence-electron chi connectivity index (χ4n) is 0.566. The summed E-state index contributed by atoms with van der Waals surface area (Å²) in [4.78, 5) is 0. The second kappa shape index (κ2) is 6.62. The molecule has 0 heterocycles. The predicted molar refractivity (Wildman–Crippen MR) is 46.5 cm³/mol. The van der Waals surface area contributed by atoms with Crippen molar-refractivity contribution in [1.82, 2.24) is 0 Å². The first-order valence-corrected chi connectivity index (χ1v) is 4.36. The smallest absolute Gasteiger partial charge is 0.147 e. The molecule has 0 bridgehead atoms. The molecule has 0 amide bonds. The summed E-state index contributed by atoms with van der Waals surface area (Å²) in [7, 11) is 0. The lowest BCUT2D eigenvalue weighted by Crippen LogP contribution is -2.12. The first-order chi connectivity index (χ1) is 5.16. The van der Waals surface area contributed by atoms with Crippen LogP contribution in [0.2, 0.25) is 0 Å². The first-order valence-electron chi connectivity index (χ1n) is 4.36. The van der Waals surface area contributed by atoms with E-state index in [0.29, 0.717) is 18.8 Å². The van der Waals surface area contributed by atoms with E-state index in [1.807, 2.05) is 0 Å². The molecule has 0 aliphatic rings. The maximum Gasteiger partial charge on any atom is 0.147 e. The average Bonchev–Trinajstić information content (AvgIpc) is 1.97. The second-order valence-corrected chi connectivity index (χ2v) is 3.27. The standard InChI is InChI=1S/C9H20O2/c1-5-9(4)11-7-10-6-8(2)3/h8-9H,5-7H2,1-4H3. The number of hydrogen-bond donors (Lipinski definition) is 0. The van der Waals surface area contributed by atoms with Crippen LogP contribution in [0, 0.1) is 5.92 Å². The highest BCUT2D eigenvalue weighted by Crippen LogP contribution is 1.97. The van der Waals surface area contributed by atoms with Crippen molar-refractivity contribution >= 4 is 0 Å². The molecule has 0 aromatic carbocycles. The highest BCUT2D eigenvalue weighted by Gasteiger charge is 1.98. The van der Waals surface area contributed by atoms with Crippen molar-refractivity contribution in [3.05, 3.63) is 0 Å². The minimum absolute atomic E-state index is 0.321. The molecule has 0 aliphatic carbocycles. The molecular formula is C9H20O2. The van der Waals surface area contributed by atoms with Crippen molar-refractivity contribution in [2.45, 2.75) is 40.2 Å². The van der Waals surface area contributed by atoms with Gasteiger partial charge in [0.15, 0.2) is 0 Å². The third-order valence-electron chi connectivity index (χ3n) is 1.46. The lowest BCUT2D eigenvalue weighted by atomic mass is 10.2. The van der Waals surface area contributed by atoms with Crippen molar-refractivity contribution in [2.24, 2.45) is 5.92 Å². The number of hydrogen-bond acceptors (Lipinski definition) is 2. The van der Waals surface area contributed by atoms with Gasteiger partial charge in [0.1, 0.15) is 6.79 Å². The molecule has 2 heteroatoms. The van der Waals surface area contributed by atoms with E-state index in [2.05, 4.69) is 27.7 Å². The molecule has 0 aliphatic heterocycles. The summed E-state index contributed by atoms with van der Waals surface area (Å²) in [5.74, 6) is 0.593. The van der Waals surface area contributed by atoms with Crippen molar-refractivity contribution in [3.8, 4) is 0 Å². The molecule has 11 heavy (non-hydrogen) atoms. The van der Waals surface area contributed by atoms with Crippen LogP contribution in [0.5, 0.6) is 0 Å². The Kier molecular flexibility index (Phi) is 6.57. The molecule has 0 fully saturated rings. The molecule has 0 saturated carbocycles. The predicted octanol–water partition coefficient (Wildman–Crippen LogP) is 2.43. The lowest BCUT2D eigenvalue weighted by molar-refractivity contribution is -0.0905. The molecule has 1 atom stereocenters. The van der Waals surface area contributed by atoms with Crippen LogP contribution >= 0.6 is 0 Å². The Balaban J connectivity index is 3.01. The van der Waals surface area contributed by atoms with Gasteiger partial charge in [-0.15, -0.1) is 0 Å². The SMILES string of the molecule is CCC(C)OCOCC(C)C. The van der Waals surface area contributed by atoms with Crippen LogP contribution in [-0.2, 0) is 9.47 Å². The highest BCUT2D eigenvalue weighted by atomic mass is 16.7. The van der Waals surface area contributed by atoms with Crippen LogP contribution in [0.15, 0.2) is 0 Å². The average molecular weight is 160 g/mol. The van der Waals surface area contributed by atoms with E-state index in [4.69, 9.17) is 9.47 Å². The molecule has 0 aromatic heterocycles. The summed E-state index contributed by atoms with van der Waals surface area (Å²) >= 11 is 0. The maximum atomic E-state index is 5.32.